The first-order valence-electron chi connectivity index (χ1n) is 6.17. The second-order valence-electron chi connectivity index (χ2n) is 5.22. The molecular formula is C13H15N3O4S. The molecule has 21 heavy (non-hydrogen) atoms. The number of anilines is 1. The third-order valence-corrected chi connectivity index (χ3v) is 4.45. The molecule has 1 aromatic heterocycles. The summed E-state index contributed by atoms with van der Waals surface area (Å²) in [4.78, 5) is 27.8. The van der Waals surface area contributed by atoms with E-state index in [0.717, 1.165) is 5.01 Å². The van der Waals surface area contributed by atoms with E-state index < -0.39 is 16.4 Å². The molecule has 2 aromatic rings. The highest BCUT2D eigenvalue weighted by molar-refractivity contribution is 7.18. The first-order valence-corrected chi connectivity index (χ1v) is 6.99. The van der Waals surface area contributed by atoms with Crippen LogP contribution in [0.25, 0.3) is 10.2 Å². The van der Waals surface area contributed by atoms with Crippen LogP contribution in [0.5, 0.6) is 0 Å². The molecule has 0 unspecified atom stereocenters. The van der Waals surface area contributed by atoms with Crippen molar-refractivity contribution in [1.29, 1.82) is 0 Å². The van der Waals surface area contributed by atoms with Gasteiger partial charge in [0.25, 0.3) is 5.69 Å². The van der Waals surface area contributed by atoms with Crippen molar-refractivity contribution >= 4 is 38.9 Å². The molecule has 0 atom stereocenters. The number of hydrogen-bond donors (Lipinski definition) is 1. The van der Waals surface area contributed by atoms with E-state index in [0.29, 0.717) is 10.2 Å². The summed E-state index contributed by atoms with van der Waals surface area (Å²) in [6, 6.07) is 3.02. The fraction of sp³-hybridized carbons (Fsp3) is 0.385. The number of nitro benzene ring substituents is 1. The number of fused-ring (bicyclic) bond motifs is 1. The summed E-state index contributed by atoms with van der Waals surface area (Å²) >= 11 is 1.37. The Labute approximate surface area is 125 Å². The average Bonchev–Trinajstić information content (AvgIpc) is 2.74. The van der Waals surface area contributed by atoms with Gasteiger partial charge in [0.1, 0.15) is 11.2 Å². The van der Waals surface area contributed by atoms with Crippen LogP contribution in [0.15, 0.2) is 12.1 Å². The third-order valence-electron chi connectivity index (χ3n) is 3.51. The minimum atomic E-state index is -1.27. The van der Waals surface area contributed by atoms with Crippen LogP contribution in [0.3, 0.4) is 0 Å². The quantitative estimate of drug-likeness (QED) is 0.689. The lowest BCUT2D eigenvalue weighted by molar-refractivity contribution is -0.384. The first kappa shape index (κ1) is 15.2. The van der Waals surface area contributed by atoms with Crippen molar-refractivity contribution in [2.24, 2.45) is 0 Å². The lowest BCUT2D eigenvalue weighted by Gasteiger charge is -2.33. The Morgan fingerprint density at radius 3 is 2.62 bits per heavy atom. The predicted octanol–water partition coefficient (Wildman–Crippen LogP) is 2.81. The lowest BCUT2D eigenvalue weighted by atomic mass is 10.0. The molecular weight excluding hydrogens is 294 g/mol. The normalized spacial score (nSPS) is 11.6. The Balaban J connectivity index is 2.68. The molecule has 1 heterocycles. The highest BCUT2D eigenvalue weighted by Crippen LogP contribution is 2.37. The van der Waals surface area contributed by atoms with Gasteiger partial charge in [-0.3, -0.25) is 10.1 Å². The number of thiazole rings is 1. The fourth-order valence-electron chi connectivity index (χ4n) is 1.93. The number of carboxylic acids is 1. The molecule has 0 saturated carbocycles. The number of aryl methyl sites for hydroxylation is 1. The van der Waals surface area contributed by atoms with Gasteiger partial charge in [-0.25, -0.2) is 9.78 Å². The van der Waals surface area contributed by atoms with Gasteiger partial charge in [-0.05, 0) is 26.8 Å². The number of aliphatic carboxylic acids is 1. The van der Waals surface area contributed by atoms with E-state index in [9.17, 15) is 20.0 Å². The van der Waals surface area contributed by atoms with Crippen LogP contribution in [-0.4, -0.2) is 33.6 Å². The van der Waals surface area contributed by atoms with Crippen LogP contribution in [0.1, 0.15) is 18.9 Å². The highest BCUT2D eigenvalue weighted by atomic mass is 32.1. The molecule has 0 saturated heterocycles. The largest absolute Gasteiger partial charge is 0.480 e. The highest BCUT2D eigenvalue weighted by Gasteiger charge is 2.35. The van der Waals surface area contributed by atoms with Crippen LogP contribution in [0.2, 0.25) is 0 Å². The second kappa shape index (κ2) is 4.96. The maximum Gasteiger partial charge on any atom is 0.328 e. The number of carboxylic acid groups (broad SMARTS) is 1. The summed E-state index contributed by atoms with van der Waals surface area (Å²) in [7, 11) is 1.53. The SMILES string of the molecule is Cc1nc2cc(N(C)C(C)(C)C(=O)O)c([N+](=O)[O-])cc2s1. The van der Waals surface area contributed by atoms with Gasteiger partial charge in [0, 0.05) is 13.1 Å². The molecule has 8 heteroatoms. The summed E-state index contributed by atoms with van der Waals surface area (Å²) in [5.74, 6) is -1.06. The van der Waals surface area contributed by atoms with E-state index in [1.807, 2.05) is 6.92 Å². The zero-order valence-electron chi connectivity index (χ0n) is 12.1. The van der Waals surface area contributed by atoms with Gasteiger partial charge in [0.15, 0.2) is 0 Å². The number of nitro groups is 1. The number of nitrogens with zero attached hydrogens (tertiary/aromatic N) is 3. The van der Waals surface area contributed by atoms with E-state index in [1.54, 1.807) is 6.07 Å². The Morgan fingerprint density at radius 2 is 2.10 bits per heavy atom. The van der Waals surface area contributed by atoms with Gasteiger partial charge in [-0.15, -0.1) is 11.3 Å². The molecule has 0 fully saturated rings. The number of hydrogen-bond acceptors (Lipinski definition) is 6. The van der Waals surface area contributed by atoms with Crippen LogP contribution in [0.4, 0.5) is 11.4 Å². The standard InChI is InChI=1S/C13H15N3O4S/c1-7-14-8-5-9(15(4)13(2,3)12(17)18)10(16(19)20)6-11(8)21-7/h5-6H,1-4H3,(H,17,18). The molecule has 1 aromatic carbocycles. The van der Waals surface area contributed by atoms with Crippen molar-refractivity contribution in [1.82, 2.24) is 4.98 Å². The minimum Gasteiger partial charge on any atom is -0.480 e. The second-order valence-corrected chi connectivity index (χ2v) is 6.46. The number of carbonyl (C=O) groups is 1. The van der Waals surface area contributed by atoms with Crippen molar-refractivity contribution in [3.05, 3.63) is 27.3 Å². The molecule has 2 rings (SSSR count). The molecule has 0 bridgehead atoms. The Hall–Kier alpha value is -2.22. The fourth-order valence-corrected chi connectivity index (χ4v) is 2.77. The maximum atomic E-state index is 11.4. The monoisotopic (exact) mass is 309 g/mol. The molecule has 0 aliphatic rings. The molecule has 112 valence electrons. The summed E-state index contributed by atoms with van der Waals surface area (Å²) < 4.78 is 0.712. The summed E-state index contributed by atoms with van der Waals surface area (Å²) in [6.07, 6.45) is 0. The van der Waals surface area contributed by atoms with Gasteiger partial charge < -0.3 is 10.0 Å². The molecule has 0 spiro atoms. The van der Waals surface area contributed by atoms with E-state index >= 15 is 0 Å². The zero-order valence-corrected chi connectivity index (χ0v) is 12.9. The van der Waals surface area contributed by atoms with E-state index in [4.69, 9.17) is 0 Å². The Kier molecular flexibility index (Phi) is 3.58. The summed E-state index contributed by atoms with van der Waals surface area (Å²) in [6.45, 7) is 4.81. The molecule has 0 aliphatic heterocycles. The first-order chi connectivity index (χ1) is 9.64. The van der Waals surface area contributed by atoms with Crippen molar-refractivity contribution in [3.8, 4) is 0 Å². The van der Waals surface area contributed by atoms with Crippen LogP contribution in [-0.2, 0) is 4.79 Å². The van der Waals surface area contributed by atoms with Crippen LogP contribution < -0.4 is 4.90 Å². The summed E-state index contributed by atoms with van der Waals surface area (Å²) in [5.41, 5.74) is -0.525. The molecule has 7 nitrogen and oxygen atoms in total. The lowest BCUT2D eigenvalue weighted by Crippen LogP contribution is -2.48. The number of benzene rings is 1. The van der Waals surface area contributed by atoms with Crippen molar-refractivity contribution < 1.29 is 14.8 Å². The van der Waals surface area contributed by atoms with Gasteiger partial charge in [0.05, 0.1) is 20.1 Å². The third kappa shape index (κ3) is 2.54. The van der Waals surface area contributed by atoms with Crippen molar-refractivity contribution in [3.63, 3.8) is 0 Å². The molecule has 0 aliphatic carbocycles. The molecule has 1 N–H and O–H groups in total. The predicted molar refractivity (Wildman–Crippen MR) is 81.1 cm³/mol. The molecule has 0 amide bonds. The van der Waals surface area contributed by atoms with Crippen molar-refractivity contribution in [2.75, 3.05) is 11.9 Å². The van der Waals surface area contributed by atoms with E-state index in [2.05, 4.69) is 4.98 Å². The van der Waals surface area contributed by atoms with Gasteiger partial charge >= 0.3 is 5.97 Å². The van der Waals surface area contributed by atoms with Crippen LogP contribution in [0, 0.1) is 17.0 Å². The van der Waals surface area contributed by atoms with Gasteiger partial charge in [-0.2, -0.15) is 0 Å². The number of aromatic nitrogens is 1. The van der Waals surface area contributed by atoms with Crippen molar-refractivity contribution in [2.45, 2.75) is 26.3 Å². The Bertz CT molecular complexity index is 738. The van der Waals surface area contributed by atoms with E-state index in [-0.39, 0.29) is 11.4 Å². The Morgan fingerprint density at radius 1 is 1.48 bits per heavy atom. The van der Waals surface area contributed by atoms with Gasteiger partial charge in [-0.1, -0.05) is 0 Å². The van der Waals surface area contributed by atoms with E-state index in [1.165, 1.54) is 43.2 Å². The van der Waals surface area contributed by atoms with Gasteiger partial charge in [0.2, 0.25) is 0 Å². The van der Waals surface area contributed by atoms with Crippen LogP contribution >= 0.6 is 11.3 Å². The smallest absolute Gasteiger partial charge is 0.328 e. The molecule has 0 radical (unpaired) electrons. The number of likely N-dealkylation sites (N-methyl/N-ethyl adjacent to an activating group) is 1. The average molecular weight is 309 g/mol. The summed E-state index contributed by atoms with van der Waals surface area (Å²) in [5, 5.41) is 21.4. The maximum absolute atomic E-state index is 11.4. The topological polar surface area (TPSA) is 96.6 Å². The zero-order chi connectivity index (χ0) is 15.9. The number of rotatable bonds is 4. The minimum absolute atomic E-state index is 0.122.